The van der Waals surface area contributed by atoms with Crippen LogP contribution in [0.15, 0.2) is 60.7 Å². The van der Waals surface area contributed by atoms with Gasteiger partial charge in [0.25, 0.3) is 5.91 Å². The summed E-state index contributed by atoms with van der Waals surface area (Å²) in [5.41, 5.74) is 0. The molecule has 2 saturated heterocycles. The van der Waals surface area contributed by atoms with E-state index < -0.39 is 12.1 Å². The Morgan fingerprint density at radius 1 is 0.719 bits per heavy atom. The summed E-state index contributed by atoms with van der Waals surface area (Å²) < 4.78 is 11.2. The quantitative estimate of drug-likeness (QED) is 0.636. The van der Waals surface area contributed by atoms with Gasteiger partial charge in [-0.1, -0.05) is 36.4 Å². The van der Waals surface area contributed by atoms with Crippen molar-refractivity contribution in [1.29, 1.82) is 0 Å². The van der Waals surface area contributed by atoms with E-state index in [0.717, 1.165) is 12.8 Å². The topological polar surface area (TPSA) is 76.2 Å². The maximum Gasteiger partial charge on any atom is 0.261 e. The van der Waals surface area contributed by atoms with Crippen molar-refractivity contribution >= 4 is 17.6 Å². The summed E-state index contributed by atoms with van der Waals surface area (Å²) in [5.74, 6) is 0.780. The van der Waals surface area contributed by atoms with Crippen LogP contribution < -0.4 is 9.47 Å². The van der Waals surface area contributed by atoms with Crippen LogP contribution in [-0.4, -0.2) is 65.8 Å². The Morgan fingerprint density at radius 3 is 1.88 bits per heavy atom. The first-order chi connectivity index (χ1) is 15.6. The third kappa shape index (κ3) is 5.10. The van der Waals surface area contributed by atoms with Gasteiger partial charge in [-0.05, 0) is 49.9 Å². The molecule has 0 spiro atoms. The van der Waals surface area contributed by atoms with Gasteiger partial charge in [0.05, 0.1) is 6.04 Å². The number of likely N-dealkylation sites (tertiary alicyclic amines) is 2. The smallest absolute Gasteiger partial charge is 0.261 e. The van der Waals surface area contributed by atoms with Crippen LogP contribution in [0.1, 0.15) is 25.7 Å². The fraction of sp³-hybridized carbons (Fsp3) is 0.400. The zero-order valence-electron chi connectivity index (χ0n) is 18.0. The molecular weight excluding hydrogens is 408 g/mol. The van der Waals surface area contributed by atoms with Crippen LogP contribution in [0.3, 0.4) is 0 Å². The van der Waals surface area contributed by atoms with Gasteiger partial charge < -0.3 is 19.3 Å². The lowest BCUT2D eigenvalue weighted by Crippen LogP contribution is -2.52. The summed E-state index contributed by atoms with van der Waals surface area (Å²) in [6, 6.07) is 17.3. The van der Waals surface area contributed by atoms with E-state index >= 15 is 0 Å². The van der Waals surface area contributed by atoms with Crippen LogP contribution in [0.5, 0.6) is 11.5 Å². The number of hydrogen-bond acceptors (Lipinski definition) is 5. The van der Waals surface area contributed by atoms with Crippen molar-refractivity contribution < 1.29 is 23.9 Å². The van der Waals surface area contributed by atoms with E-state index in [2.05, 4.69) is 0 Å². The molecule has 0 bridgehead atoms. The highest BCUT2D eigenvalue weighted by Gasteiger charge is 2.42. The maximum absolute atomic E-state index is 13.3. The summed E-state index contributed by atoms with van der Waals surface area (Å²) in [5, 5.41) is 0. The molecule has 2 heterocycles. The molecule has 4 rings (SSSR count). The Kier molecular flexibility index (Phi) is 7.04. The average Bonchev–Trinajstić information content (AvgIpc) is 3.52. The molecule has 2 aliphatic heterocycles. The van der Waals surface area contributed by atoms with Crippen LogP contribution in [-0.2, 0) is 14.4 Å². The molecule has 0 N–H and O–H groups in total. The van der Waals surface area contributed by atoms with E-state index in [1.165, 1.54) is 0 Å². The summed E-state index contributed by atoms with van der Waals surface area (Å²) in [7, 11) is 0. The summed E-state index contributed by atoms with van der Waals surface area (Å²) in [6.45, 7) is 0.869. The minimum absolute atomic E-state index is 0.0727. The molecule has 0 saturated carbocycles. The number of rotatable bonds is 8. The van der Waals surface area contributed by atoms with Crippen molar-refractivity contribution in [3.8, 4) is 11.5 Å². The number of ketones is 1. The largest absolute Gasteiger partial charge is 0.486 e. The zero-order valence-corrected chi connectivity index (χ0v) is 18.0. The number of ether oxygens (including phenoxy) is 2. The van der Waals surface area contributed by atoms with Gasteiger partial charge >= 0.3 is 0 Å². The molecule has 168 valence electrons. The van der Waals surface area contributed by atoms with Crippen LogP contribution in [0, 0.1) is 0 Å². The van der Waals surface area contributed by atoms with Gasteiger partial charge in [-0.15, -0.1) is 0 Å². The van der Waals surface area contributed by atoms with Gasteiger partial charge in [-0.25, -0.2) is 0 Å². The average molecular weight is 437 g/mol. The maximum atomic E-state index is 13.3. The van der Waals surface area contributed by atoms with Gasteiger partial charge in [0.2, 0.25) is 5.91 Å². The van der Waals surface area contributed by atoms with Gasteiger partial charge in [-0.3, -0.25) is 14.4 Å². The van der Waals surface area contributed by atoms with Gasteiger partial charge in [-0.2, -0.15) is 0 Å². The Hall–Kier alpha value is -3.35. The highest BCUT2D eigenvalue weighted by Crippen LogP contribution is 2.26. The molecular formula is C25H28N2O5. The van der Waals surface area contributed by atoms with E-state index in [1.807, 2.05) is 36.4 Å². The molecule has 2 amide bonds. The number of benzene rings is 2. The number of Topliss-reactive ketones (excluding diaryl/α,β-unsaturated/α-hetero) is 1. The van der Waals surface area contributed by atoms with E-state index in [0.29, 0.717) is 37.4 Å². The molecule has 0 radical (unpaired) electrons. The van der Waals surface area contributed by atoms with Crippen molar-refractivity contribution in [2.24, 2.45) is 0 Å². The van der Waals surface area contributed by atoms with Crippen LogP contribution in [0.25, 0.3) is 0 Å². The number of nitrogens with zero attached hydrogens (tertiary/aromatic N) is 2. The second kappa shape index (κ2) is 10.3. The van der Waals surface area contributed by atoms with Gasteiger partial charge in [0.1, 0.15) is 24.1 Å². The minimum atomic E-state index is -0.537. The first-order valence-electron chi connectivity index (χ1n) is 11.1. The fourth-order valence-electron chi connectivity index (χ4n) is 4.39. The number of amides is 2. The van der Waals surface area contributed by atoms with Crippen molar-refractivity contribution in [2.45, 2.75) is 37.8 Å². The van der Waals surface area contributed by atoms with E-state index in [1.54, 1.807) is 34.1 Å². The Labute approximate surface area is 187 Å². The molecule has 0 aliphatic carbocycles. The summed E-state index contributed by atoms with van der Waals surface area (Å²) >= 11 is 0. The molecule has 2 aromatic rings. The number of carbonyl (C=O) groups excluding carboxylic acids is 3. The highest BCUT2D eigenvalue weighted by molar-refractivity contribution is 5.94. The lowest BCUT2D eigenvalue weighted by atomic mass is 10.1. The number of para-hydroxylation sites is 2. The minimum Gasteiger partial charge on any atom is -0.486 e. The third-order valence-electron chi connectivity index (χ3n) is 6.00. The molecule has 0 aromatic heterocycles. The Bertz CT molecular complexity index is 858. The lowest BCUT2D eigenvalue weighted by molar-refractivity contribution is -0.147. The number of hydrogen-bond donors (Lipinski definition) is 0. The van der Waals surface area contributed by atoms with Crippen molar-refractivity contribution in [2.75, 3.05) is 26.3 Å². The normalized spacial score (nSPS) is 20.2. The van der Waals surface area contributed by atoms with Crippen LogP contribution in [0.4, 0.5) is 0 Å². The SMILES string of the molecule is O=C(COc1ccccc1)[C@@H]1CCCN1C(=O)[C@H]1CCCN1C(=O)COc1ccccc1. The molecule has 7 nitrogen and oxygen atoms in total. The Balaban J connectivity index is 1.35. The molecule has 2 aliphatic rings. The molecule has 2 fully saturated rings. The number of carbonyl (C=O) groups is 3. The second-order valence-corrected chi connectivity index (χ2v) is 8.10. The molecule has 32 heavy (non-hydrogen) atoms. The summed E-state index contributed by atoms with van der Waals surface area (Å²) in [6.07, 6.45) is 2.76. The monoisotopic (exact) mass is 436 g/mol. The zero-order chi connectivity index (χ0) is 22.3. The molecule has 2 atom stereocenters. The molecule has 2 aromatic carbocycles. The van der Waals surface area contributed by atoms with Crippen molar-refractivity contribution in [3.63, 3.8) is 0 Å². The second-order valence-electron chi connectivity index (χ2n) is 8.10. The van der Waals surface area contributed by atoms with E-state index in [4.69, 9.17) is 9.47 Å². The van der Waals surface area contributed by atoms with Crippen molar-refractivity contribution in [1.82, 2.24) is 9.80 Å². The standard InChI is InChI=1S/C25H28N2O5/c28-23(17-31-19-9-3-1-4-10-19)21-13-7-16-27(21)25(30)22-14-8-15-26(22)24(29)18-32-20-11-5-2-6-12-20/h1-6,9-12,21-22H,7-8,13-18H2/t21-,22+/m0/s1. The first-order valence-corrected chi connectivity index (χ1v) is 11.1. The first kappa shape index (κ1) is 21.9. The van der Waals surface area contributed by atoms with Gasteiger partial charge in [0, 0.05) is 13.1 Å². The highest BCUT2D eigenvalue weighted by atomic mass is 16.5. The summed E-state index contributed by atoms with van der Waals surface area (Å²) in [4.78, 5) is 42.1. The fourth-order valence-corrected chi connectivity index (χ4v) is 4.39. The van der Waals surface area contributed by atoms with Crippen LogP contribution >= 0.6 is 0 Å². The lowest BCUT2D eigenvalue weighted by Gasteiger charge is -2.31. The van der Waals surface area contributed by atoms with E-state index in [-0.39, 0.29) is 30.8 Å². The molecule has 0 unspecified atom stereocenters. The third-order valence-corrected chi connectivity index (χ3v) is 6.00. The van der Waals surface area contributed by atoms with Crippen molar-refractivity contribution in [3.05, 3.63) is 60.7 Å². The van der Waals surface area contributed by atoms with E-state index in [9.17, 15) is 14.4 Å². The van der Waals surface area contributed by atoms with Crippen LogP contribution in [0.2, 0.25) is 0 Å². The predicted octanol–water partition coefficient (Wildman–Crippen LogP) is 2.70. The predicted molar refractivity (Wildman–Crippen MR) is 118 cm³/mol. The molecule has 7 heteroatoms. The van der Waals surface area contributed by atoms with Gasteiger partial charge in [0.15, 0.2) is 12.4 Å². The Morgan fingerprint density at radius 2 is 1.25 bits per heavy atom.